The summed E-state index contributed by atoms with van der Waals surface area (Å²) in [7, 11) is 0. The zero-order valence-electron chi connectivity index (χ0n) is 11.0. The smallest absolute Gasteiger partial charge is 0.262 e. The van der Waals surface area contributed by atoms with Crippen molar-refractivity contribution in [3.8, 4) is 5.75 Å². The highest BCUT2D eigenvalue weighted by molar-refractivity contribution is 5.92. The van der Waals surface area contributed by atoms with Crippen LogP contribution < -0.4 is 15.8 Å². The number of nitrogens with two attached hydrogens (primary N) is 1. The highest BCUT2D eigenvalue weighted by Gasteiger charge is 2.05. The molecule has 2 aromatic rings. The molecule has 0 aliphatic heterocycles. The van der Waals surface area contributed by atoms with E-state index in [0.29, 0.717) is 22.7 Å². The summed E-state index contributed by atoms with van der Waals surface area (Å²) >= 11 is 0. The molecule has 5 heteroatoms. The lowest BCUT2D eigenvalue weighted by molar-refractivity contribution is -0.118. The van der Waals surface area contributed by atoms with Crippen LogP contribution in [0.15, 0.2) is 42.5 Å². The molecule has 0 bridgehead atoms. The molecule has 0 saturated carbocycles. The minimum absolute atomic E-state index is 0.188. The Bertz CT molecular complexity index is 612. The van der Waals surface area contributed by atoms with Gasteiger partial charge in [-0.2, -0.15) is 0 Å². The van der Waals surface area contributed by atoms with Crippen LogP contribution in [-0.4, -0.2) is 12.5 Å². The number of benzene rings is 2. The molecule has 0 fully saturated rings. The van der Waals surface area contributed by atoms with E-state index < -0.39 is 0 Å². The number of anilines is 2. The van der Waals surface area contributed by atoms with Crippen LogP contribution >= 0.6 is 0 Å². The van der Waals surface area contributed by atoms with Crippen LogP contribution in [0.2, 0.25) is 0 Å². The second kappa shape index (κ2) is 6.06. The number of amides is 1. The molecule has 2 rings (SSSR count). The molecule has 0 aromatic heterocycles. The van der Waals surface area contributed by atoms with E-state index in [2.05, 4.69) is 5.32 Å². The first kappa shape index (κ1) is 13.9. The number of carbonyl (C=O) groups is 1. The number of halogens is 1. The number of hydrogen-bond acceptors (Lipinski definition) is 3. The first-order chi connectivity index (χ1) is 9.54. The van der Waals surface area contributed by atoms with Crippen molar-refractivity contribution >= 4 is 17.3 Å². The number of nitrogens with one attached hydrogen (secondary N) is 1. The monoisotopic (exact) mass is 274 g/mol. The van der Waals surface area contributed by atoms with Gasteiger partial charge in [-0.1, -0.05) is 6.07 Å². The van der Waals surface area contributed by atoms with Gasteiger partial charge < -0.3 is 15.8 Å². The number of ether oxygens (including phenoxy) is 1. The van der Waals surface area contributed by atoms with Gasteiger partial charge in [0.2, 0.25) is 0 Å². The van der Waals surface area contributed by atoms with Gasteiger partial charge in [0.1, 0.15) is 11.6 Å². The Morgan fingerprint density at radius 1 is 1.25 bits per heavy atom. The zero-order chi connectivity index (χ0) is 14.5. The summed E-state index contributed by atoms with van der Waals surface area (Å²) in [5, 5.41) is 2.65. The molecule has 20 heavy (non-hydrogen) atoms. The Labute approximate surface area is 116 Å². The molecule has 3 N–H and O–H groups in total. The summed E-state index contributed by atoms with van der Waals surface area (Å²) in [6.07, 6.45) is 0. The second-order valence-corrected chi connectivity index (χ2v) is 4.37. The van der Waals surface area contributed by atoms with Gasteiger partial charge in [-0.05, 0) is 42.8 Å². The summed E-state index contributed by atoms with van der Waals surface area (Å²) < 4.78 is 18.5. The molecule has 0 spiro atoms. The third-order valence-corrected chi connectivity index (χ3v) is 2.71. The lowest BCUT2D eigenvalue weighted by atomic mass is 10.2. The van der Waals surface area contributed by atoms with Crippen molar-refractivity contribution in [2.45, 2.75) is 6.92 Å². The van der Waals surface area contributed by atoms with Crippen molar-refractivity contribution in [3.63, 3.8) is 0 Å². The van der Waals surface area contributed by atoms with Crippen LogP contribution in [0.5, 0.6) is 5.75 Å². The normalized spacial score (nSPS) is 10.1. The van der Waals surface area contributed by atoms with Crippen LogP contribution in [0.3, 0.4) is 0 Å². The van der Waals surface area contributed by atoms with Crippen LogP contribution in [0.4, 0.5) is 15.8 Å². The third-order valence-electron chi connectivity index (χ3n) is 2.71. The maximum Gasteiger partial charge on any atom is 0.262 e. The lowest BCUT2D eigenvalue weighted by Gasteiger charge is -2.08. The summed E-state index contributed by atoms with van der Waals surface area (Å²) in [5.41, 5.74) is 7.32. The molecular weight excluding hydrogens is 259 g/mol. The van der Waals surface area contributed by atoms with Gasteiger partial charge in [-0.3, -0.25) is 4.79 Å². The fourth-order valence-electron chi connectivity index (χ4n) is 1.58. The van der Waals surface area contributed by atoms with E-state index in [4.69, 9.17) is 10.5 Å². The van der Waals surface area contributed by atoms with Crippen molar-refractivity contribution in [2.75, 3.05) is 17.7 Å². The molecule has 0 unspecified atom stereocenters. The SMILES string of the molecule is Cc1ccc(OCC(=O)Nc2ccc(N)cc2)cc1F. The van der Waals surface area contributed by atoms with Crippen molar-refractivity contribution in [1.82, 2.24) is 0 Å². The lowest BCUT2D eigenvalue weighted by Crippen LogP contribution is -2.20. The van der Waals surface area contributed by atoms with Crippen LogP contribution in [0, 0.1) is 12.7 Å². The third kappa shape index (κ3) is 3.71. The summed E-state index contributed by atoms with van der Waals surface area (Å²) in [6.45, 7) is 1.47. The van der Waals surface area contributed by atoms with Crippen molar-refractivity contribution < 1.29 is 13.9 Å². The Morgan fingerprint density at radius 3 is 2.60 bits per heavy atom. The molecule has 0 aliphatic carbocycles. The van der Waals surface area contributed by atoms with E-state index >= 15 is 0 Å². The predicted octanol–water partition coefficient (Wildman–Crippen LogP) is 2.73. The largest absolute Gasteiger partial charge is 0.484 e. The minimum atomic E-state index is -0.360. The number of hydrogen-bond donors (Lipinski definition) is 2. The molecule has 4 nitrogen and oxygen atoms in total. The van der Waals surface area contributed by atoms with Gasteiger partial charge in [-0.25, -0.2) is 4.39 Å². The molecule has 0 radical (unpaired) electrons. The number of aryl methyl sites for hydroxylation is 1. The molecule has 0 heterocycles. The van der Waals surface area contributed by atoms with Gasteiger partial charge in [0.05, 0.1) is 0 Å². The average molecular weight is 274 g/mol. The topological polar surface area (TPSA) is 64.3 Å². The zero-order valence-corrected chi connectivity index (χ0v) is 11.0. The number of carbonyl (C=O) groups excluding carboxylic acids is 1. The Kier molecular flexibility index (Phi) is 4.20. The van der Waals surface area contributed by atoms with Crippen molar-refractivity contribution in [2.24, 2.45) is 0 Å². The van der Waals surface area contributed by atoms with Crippen molar-refractivity contribution in [1.29, 1.82) is 0 Å². The molecular formula is C15H15FN2O2. The van der Waals surface area contributed by atoms with E-state index in [0.717, 1.165) is 0 Å². The molecule has 2 aromatic carbocycles. The maximum absolute atomic E-state index is 13.3. The van der Waals surface area contributed by atoms with Crippen LogP contribution in [0.1, 0.15) is 5.56 Å². The highest BCUT2D eigenvalue weighted by Crippen LogP contribution is 2.16. The van der Waals surface area contributed by atoms with Crippen molar-refractivity contribution in [3.05, 3.63) is 53.8 Å². The van der Waals surface area contributed by atoms with Gasteiger partial charge >= 0.3 is 0 Å². The van der Waals surface area contributed by atoms with Gasteiger partial charge in [0.15, 0.2) is 6.61 Å². The molecule has 0 saturated heterocycles. The molecule has 1 amide bonds. The summed E-state index contributed by atoms with van der Waals surface area (Å²) in [6, 6.07) is 11.2. The minimum Gasteiger partial charge on any atom is -0.484 e. The predicted molar refractivity (Wildman–Crippen MR) is 76.1 cm³/mol. The standard InChI is InChI=1S/C15H15FN2O2/c1-10-2-7-13(8-14(10)16)20-9-15(19)18-12-5-3-11(17)4-6-12/h2-8H,9,17H2,1H3,(H,18,19). The fourth-order valence-corrected chi connectivity index (χ4v) is 1.58. The Morgan fingerprint density at radius 2 is 1.95 bits per heavy atom. The fraction of sp³-hybridized carbons (Fsp3) is 0.133. The van der Waals surface area contributed by atoms with Gasteiger partial charge in [0.25, 0.3) is 5.91 Å². The quantitative estimate of drug-likeness (QED) is 0.842. The number of rotatable bonds is 4. The van der Waals surface area contributed by atoms with Gasteiger partial charge in [0, 0.05) is 17.4 Å². The maximum atomic E-state index is 13.3. The van der Waals surface area contributed by atoms with Crippen LogP contribution in [0.25, 0.3) is 0 Å². The molecule has 104 valence electrons. The first-order valence-electron chi connectivity index (χ1n) is 6.09. The van der Waals surface area contributed by atoms with E-state index in [1.807, 2.05) is 0 Å². The molecule has 0 aliphatic rings. The van der Waals surface area contributed by atoms with Gasteiger partial charge in [-0.15, -0.1) is 0 Å². The van der Waals surface area contributed by atoms with E-state index in [1.54, 1.807) is 43.3 Å². The van der Waals surface area contributed by atoms with E-state index in [9.17, 15) is 9.18 Å². The second-order valence-electron chi connectivity index (χ2n) is 4.37. The highest BCUT2D eigenvalue weighted by atomic mass is 19.1. The Hall–Kier alpha value is -2.56. The number of nitrogen functional groups attached to an aromatic ring is 1. The first-order valence-corrected chi connectivity index (χ1v) is 6.09. The summed E-state index contributed by atoms with van der Waals surface area (Å²) in [4.78, 5) is 11.7. The van der Waals surface area contributed by atoms with Crippen LogP contribution in [-0.2, 0) is 4.79 Å². The molecule has 0 atom stereocenters. The van der Waals surface area contributed by atoms with E-state index in [1.165, 1.54) is 6.07 Å². The summed E-state index contributed by atoms with van der Waals surface area (Å²) in [5.74, 6) is -0.363. The average Bonchev–Trinajstić information content (AvgIpc) is 2.43. The van der Waals surface area contributed by atoms with E-state index in [-0.39, 0.29) is 18.3 Å². The Balaban J connectivity index is 1.88.